The van der Waals surface area contributed by atoms with Crippen LogP contribution in [-0.4, -0.2) is 92.1 Å². The summed E-state index contributed by atoms with van der Waals surface area (Å²) in [5.41, 5.74) is 0. The van der Waals surface area contributed by atoms with Gasteiger partial charge < -0.3 is 5.11 Å². The first kappa shape index (κ1) is 14.7. The number of carboxylic acids is 1. The third kappa shape index (κ3) is 3.59. The van der Waals surface area contributed by atoms with E-state index in [2.05, 4.69) is 0 Å². The minimum absolute atomic E-state index is 0. The Morgan fingerprint density at radius 1 is 1.09 bits per heavy atom. The first-order valence-corrected chi connectivity index (χ1v) is 1.87. The van der Waals surface area contributed by atoms with Gasteiger partial charge in [0.2, 0.25) is 0 Å². The molecule has 0 unspecified atom stereocenters. The Kier molecular flexibility index (Phi) is 5.90. The molecule has 8 heteroatoms. The maximum Gasteiger partial charge on any atom is 0.465 e. The van der Waals surface area contributed by atoms with E-state index in [0.717, 1.165) is 0 Å². The minimum Gasteiger partial charge on any atom is -0.477 e. The van der Waals surface area contributed by atoms with Gasteiger partial charge in [-0.3, -0.25) is 0 Å². The van der Waals surface area contributed by atoms with Gasteiger partial charge in [0.1, 0.15) is 0 Å². The molecule has 0 heterocycles. The van der Waals surface area contributed by atoms with Gasteiger partial charge in [-0.2, -0.15) is 22.0 Å². The summed E-state index contributed by atoms with van der Waals surface area (Å²) in [5.74, 6) is -8.84. The van der Waals surface area contributed by atoms with Crippen molar-refractivity contribution in [1.29, 1.82) is 0 Å². The van der Waals surface area contributed by atoms with Crippen LogP contribution in [0.3, 0.4) is 0 Å². The Morgan fingerprint density at radius 2 is 1.36 bits per heavy atom. The third-order valence-electron chi connectivity index (χ3n) is 0.625. The van der Waals surface area contributed by atoms with Crippen LogP contribution in [0.15, 0.2) is 0 Å². The van der Waals surface area contributed by atoms with E-state index in [1.807, 2.05) is 0 Å². The number of alkyl halides is 5. The van der Waals surface area contributed by atoms with Crippen LogP contribution >= 0.6 is 0 Å². The molecular weight excluding hydrogens is 296 g/mol. The van der Waals surface area contributed by atoms with Gasteiger partial charge in [0.05, 0.1) is 0 Å². The van der Waals surface area contributed by atoms with E-state index < -0.39 is 18.1 Å². The van der Waals surface area contributed by atoms with E-state index in [1.54, 1.807) is 0 Å². The van der Waals surface area contributed by atoms with Crippen molar-refractivity contribution in [2.75, 3.05) is 0 Å². The predicted octanol–water partition coefficient (Wildman–Crippen LogP) is 0.888. The van der Waals surface area contributed by atoms with Gasteiger partial charge in [-0.25, -0.2) is 4.79 Å². The molecule has 2 nitrogen and oxygen atoms in total. The average molecular weight is 297 g/mol. The Labute approximate surface area is 117 Å². The summed E-state index contributed by atoms with van der Waals surface area (Å²) < 4.78 is 55.5. The Morgan fingerprint density at radius 3 is 1.36 bits per heavy atom. The van der Waals surface area contributed by atoms with Gasteiger partial charge >= 0.3 is 18.1 Å². The molecule has 0 saturated heterocycles. The second-order valence-electron chi connectivity index (χ2n) is 1.38. The van der Waals surface area contributed by atoms with E-state index in [9.17, 15) is 26.7 Å². The molecule has 1 N–H and O–H groups in total. The zero-order chi connectivity index (χ0) is 8.58. The monoisotopic (exact) mass is 297 g/mol. The summed E-state index contributed by atoms with van der Waals surface area (Å²) in [6.45, 7) is 0. The van der Waals surface area contributed by atoms with Crippen molar-refractivity contribution in [1.82, 2.24) is 0 Å². The number of rotatable bonds is 1. The molecule has 0 spiro atoms. The van der Waals surface area contributed by atoms with Gasteiger partial charge in [0.15, 0.2) is 0 Å². The average Bonchev–Trinajstić information content (AvgIpc) is 1.62. The molecular formula is C3HCsF5O2. The summed E-state index contributed by atoms with van der Waals surface area (Å²) in [5, 5.41) is 7.31. The van der Waals surface area contributed by atoms with Crippen LogP contribution in [-0.2, 0) is 4.79 Å². The maximum atomic E-state index is 11.3. The fraction of sp³-hybridized carbons (Fsp3) is 0.667. The molecule has 0 saturated carbocycles. The zero-order valence-corrected chi connectivity index (χ0v) is 11.5. The molecule has 0 aromatic heterocycles. The quantitative estimate of drug-likeness (QED) is 0.730. The Balaban J connectivity index is 0. The largest absolute Gasteiger partial charge is 0.477 e. The molecule has 0 rings (SSSR count). The summed E-state index contributed by atoms with van der Waals surface area (Å²) in [6.07, 6.45) is -6.02. The second-order valence-corrected chi connectivity index (χ2v) is 1.38. The summed E-state index contributed by atoms with van der Waals surface area (Å²) in [4.78, 5) is 9.20. The van der Waals surface area contributed by atoms with Crippen molar-refractivity contribution >= 4 is 74.9 Å². The van der Waals surface area contributed by atoms with Crippen molar-refractivity contribution < 1.29 is 31.9 Å². The Bertz CT molecular complexity index is 152. The molecule has 0 fully saturated rings. The molecule has 61 valence electrons. The number of halogens is 5. The van der Waals surface area contributed by atoms with E-state index >= 15 is 0 Å². The van der Waals surface area contributed by atoms with Gasteiger partial charge in [0, 0.05) is 68.9 Å². The summed E-state index contributed by atoms with van der Waals surface area (Å²) in [6, 6.07) is 0. The molecule has 0 aromatic carbocycles. The molecule has 1 radical (unpaired) electrons. The molecule has 0 aliphatic rings. The van der Waals surface area contributed by atoms with Crippen molar-refractivity contribution in [3.05, 3.63) is 0 Å². The van der Waals surface area contributed by atoms with Gasteiger partial charge in [-0.15, -0.1) is 0 Å². The number of carbonyl (C=O) groups is 1. The van der Waals surface area contributed by atoms with Crippen molar-refractivity contribution in [3.8, 4) is 0 Å². The summed E-state index contributed by atoms with van der Waals surface area (Å²) >= 11 is 0. The van der Waals surface area contributed by atoms with E-state index in [1.165, 1.54) is 0 Å². The number of hydrogen-bond acceptors (Lipinski definition) is 1. The standard InChI is InChI=1S/C3HF5O2.Cs/c4-2(5,1(9)10)3(6,7)8;/h(H,9,10);. The topological polar surface area (TPSA) is 37.3 Å². The van der Waals surface area contributed by atoms with Crippen molar-refractivity contribution in [3.63, 3.8) is 0 Å². The number of hydrogen-bond donors (Lipinski definition) is 1. The van der Waals surface area contributed by atoms with Gasteiger partial charge in [-0.05, 0) is 0 Å². The zero-order valence-electron chi connectivity index (χ0n) is 5.25. The van der Waals surface area contributed by atoms with Crippen LogP contribution in [0.5, 0.6) is 0 Å². The van der Waals surface area contributed by atoms with Crippen LogP contribution < -0.4 is 0 Å². The number of carboxylic acid groups (broad SMARTS) is 1. The molecule has 0 atom stereocenters. The summed E-state index contributed by atoms with van der Waals surface area (Å²) in [7, 11) is 0. The van der Waals surface area contributed by atoms with E-state index in [4.69, 9.17) is 5.11 Å². The minimum atomic E-state index is -6.02. The van der Waals surface area contributed by atoms with E-state index in [-0.39, 0.29) is 68.9 Å². The predicted molar refractivity (Wildman–Crippen MR) is 24.4 cm³/mol. The SMILES string of the molecule is O=C(O)C(F)(F)C(F)(F)F.[Cs]. The smallest absolute Gasteiger partial charge is 0.465 e. The van der Waals surface area contributed by atoms with Crippen LogP contribution in [0.4, 0.5) is 22.0 Å². The molecule has 11 heavy (non-hydrogen) atoms. The Hall–Kier alpha value is 1.17. The van der Waals surface area contributed by atoms with E-state index in [0.29, 0.717) is 0 Å². The molecule has 0 amide bonds. The fourth-order valence-electron chi connectivity index (χ4n) is 0.121. The van der Waals surface area contributed by atoms with Gasteiger partial charge in [-0.1, -0.05) is 0 Å². The number of aliphatic carboxylic acids is 1. The normalized spacial score (nSPS) is 12.1. The fourth-order valence-corrected chi connectivity index (χ4v) is 0.121. The van der Waals surface area contributed by atoms with Crippen molar-refractivity contribution in [2.45, 2.75) is 12.1 Å². The first-order valence-electron chi connectivity index (χ1n) is 1.87. The molecule has 0 aliphatic carbocycles. The van der Waals surface area contributed by atoms with Crippen LogP contribution in [0.2, 0.25) is 0 Å². The van der Waals surface area contributed by atoms with Crippen LogP contribution in [0.25, 0.3) is 0 Å². The van der Waals surface area contributed by atoms with Crippen LogP contribution in [0, 0.1) is 0 Å². The maximum absolute atomic E-state index is 11.3. The van der Waals surface area contributed by atoms with Gasteiger partial charge in [0.25, 0.3) is 0 Å². The third-order valence-corrected chi connectivity index (χ3v) is 0.625. The molecule has 0 aliphatic heterocycles. The molecule has 0 aromatic rings. The van der Waals surface area contributed by atoms with Crippen LogP contribution in [0.1, 0.15) is 0 Å². The molecule has 0 bridgehead atoms. The first-order chi connectivity index (χ1) is 4.19. The van der Waals surface area contributed by atoms with Crippen molar-refractivity contribution in [2.24, 2.45) is 0 Å². The second kappa shape index (κ2) is 4.42.